The van der Waals surface area contributed by atoms with Gasteiger partial charge in [0.25, 0.3) is 0 Å². The molecular weight excluding hydrogens is 260 g/mol. The van der Waals surface area contributed by atoms with Crippen molar-refractivity contribution in [3.8, 4) is 0 Å². The minimum atomic E-state index is 0.875. The van der Waals surface area contributed by atoms with E-state index >= 15 is 0 Å². The topological polar surface area (TPSA) is 26.3 Å². The summed E-state index contributed by atoms with van der Waals surface area (Å²) in [5, 5.41) is 4.59. The molecule has 0 amide bonds. The summed E-state index contributed by atoms with van der Waals surface area (Å²) in [6.45, 7) is 2.08. The minimum Gasteiger partial charge on any atom is -0.456 e. The molecule has 0 spiro atoms. The smallest absolute Gasteiger partial charge is 0.139 e. The highest BCUT2D eigenvalue weighted by Gasteiger charge is 2.12. The summed E-state index contributed by atoms with van der Waals surface area (Å²) in [5.41, 5.74) is 4.81. The van der Waals surface area contributed by atoms with Gasteiger partial charge in [-0.3, -0.25) is 0 Å². The Labute approximate surface area is 120 Å². The van der Waals surface area contributed by atoms with Gasteiger partial charge in [-0.1, -0.05) is 30.3 Å². The highest BCUT2D eigenvalue weighted by atomic mass is 16.3. The second kappa shape index (κ2) is 3.67. The molecule has 21 heavy (non-hydrogen) atoms. The molecule has 0 N–H and O–H groups in total. The quantitative estimate of drug-likeness (QED) is 0.356. The van der Waals surface area contributed by atoms with Crippen LogP contribution in [0.25, 0.3) is 43.9 Å². The predicted octanol–water partition coefficient (Wildman–Crippen LogP) is 5.79. The third-order valence-electron chi connectivity index (χ3n) is 4.13. The molecule has 0 saturated carbocycles. The van der Waals surface area contributed by atoms with E-state index in [4.69, 9.17) is 8.83 Å². The molecule has 0 saturated heterocycles. The normalized spacial score (nSPS) is 12.0. The van der Waals surface area contributed by atoms with Crippen LogP contribution in [0.4, 0.5) is 0 Å². The van der Waals surface area contributed by atoms with Crippen molar-refractivity contribution in [2.75, 3.05) is 0 Å². The molecule has 0 aliphatic carbocycles. The Bertz CT molecular complexity index is 1140. The molecule has 0 atom stereocenters. The molecule has 2 nitrogen and oxygen atoms in total. The van der Waals surface area contributed by atoms with Crippen LogP contribution in [0.5, 0.6) is 0 Å². The Hall–Kier alpha value is -2.74. The van der Waals surface area contributed by atoms with Crippen LogP contribution in [0.15, 0.2) is 63.4 Å². The van der Waals surface area contributed by atoms with E-state index in [2.05, 4.69) is 37.3 Å². The van der Waals surface area contributed by atoms with Crippen molar-refractivity contribution in [1.29, 1.82) is 0 Å². The molecule has 2 aromatic heterocycles. The monoisotopic (exact) mass is 272 g/mol. The lowest BCUT2D eigenvalue weighted by molar-refractivity contribution is 0.656. The molecule has 2 heterocycles. The van der Waals surface area contributed by atoms with Crippen LogP contribution in [0, 0.1) is 6.92 Å². The SMILES string of the molecule is Cc1ccc2c(c1)oc1cc3oc4ccccc4c3cc12. The molecular formula is C19H12O2. The minimum absolute atomic E-state index is 0.875. The van der Waals surface area contributed by atoms with Crippen LogP contribution < -0.4 is 0 Å². The van der Waals surface area contributed by atoms with Crippen LogP contribution >= 0.6 is 0 Å². The van der Waals surface area contributed by atoms with Gasteiger partial charge in [0.15, 0.2) is 0 Å². The molecule has 0 radical (unpaired) electrons. The van der Waals surface area contributed by atoms with Gasteiger partial charge in [-0.05, 0) is 30.7 Å². The second-order valence-corrected chi connectivity index (χ2v) is 5.54. The van der Waals surface area contributed by atoms with Gasteiger partial charge in [-0.15, -0.1) is 0 Å². The van der Waals surface area contributed by atoms with Gasteiger partial charge in [0.2, 0.25) is 0 Å². The number of benzene rings is 3. The zero-order valence-electron chi connectivity index (χ0n) is 11.5. The van der Waals surface area contributed by atoms with E-state index in [1.165, 1.54) is 5.56 Å². The standard InChI is InChI=1S/C19H12O2/c1-11-6-7-13-15-9-14-12-4-2-3-5-16(12)20-18(14)10-19(15)21-17(13)8-11/h2-10H,1H3. The predicted molar refractivity (Wildman–Crippen MR) is 85.7 cm³/mol. The van der Waals surface area contributed by atoms with E-state index in [0.717, 1.165) is 43.9 Å². The van der Waals surface area contributed by atoms with Gasteiger partial charge in [0.05, 0.1) is 0 Å². The maximum absolute atomic E-state index is 5.98. The third kappa shape index (κ3) is 1.42. The van der Waals surface area contributed by atoms with E-state index in [0.29, 0.717) is 0 Å². The van der Waals surface area contributed by atoms with E-state index in [1.807, 2.05) is 24.3 Å². The van der Waals surface area contributed by atoms with Crippen LogP contribution in [0.1, 0.15) is 5.56 Å². The molecule has 0 aliphatic rings. The van der Waals surface area contributed by atoms with Crippen LogP contribution in [0.3, 0.4) is 0 Å². The number of rotatable bonds is 0. The average molecular weight is 272 g/mol. The first-order valence-corrected chi connectivity index (χ1v) is 7.04. The number of fused-ring (bicyclic) bond motifs is 6. The largest absolute Gasteiger partial charge is 0.456 e. The van der Waals surface area contributed by atoms with Gasteiger partial charge in [-0.25, -0.2) is 0 Å². The fourth-order valence-corrected chi connectivity index (χ4v) is 3.10. The van der Waals surface area contributed by atoms with Crippen LogP contribution in [-0.4, -0.2) is 0 Å². The Morgan fingerprint density at radius 3 is 2.10 bits per heavy atom. The van der Waals surface area contributed by atoms with E-state index in [-0.39, 0.29) is 0 Å². The van der Waals surface area contributed by atoms with Gasteiger partial charge in [0, 0.05) is 27.6 Å². The number of furan rings is 2. The van der Waals surface area contributed by atoms with Gasteiger partial charge in [-0.2, -0.15) is 0 Å². The number of aryl methyl sites for hydroxylation is 1. The Kier molecular flexibility index (Phi) is 1.92. The third-order valence-corrected chi connectivity index (χ3v) is 4.13. The van der Waals surface area contributed by atoms with Crippen molar-refractivity contribution >= 4 is 43.9 Å². The van der Waals surface area contributed by atoms with Crippen molar-refractivity contribution < 1.29 is 8.83 Å². The summed E-state index contributed by atoms with van der Waals surface area (Å²) in [6.07, 6.45) is 0. The Balaban J connectivity index is 2.01. The first kappa shape index (κ1) is 11.0. The highest BCUT2D eigenvalue weighted by molar-refractivity contribution is 6.15. The molecule has 0 bridgehead atoms. The first-order chi connectivity index (χ1) is 10.3. The Morgan fingerprint density at radius 2 is 1.24 bits per heavy atom. The zero-order valence-corrected chi connectivity index (χ0v) is 11.5. The summed E-state index contributed by atoms with van der Waals surface area (Å²) < 4.78 is 11.9. The van der Waals surface area contributed by atoms with E-state index < -0.39 is 0 Å². The van der Waals surface area contributed by atoms with Crippen molar-refractivity contribution in [3.05, 3.63) is 60.2 Å². The highest BCUT2D eigenvalue weighted by Crippen LogP contribution is 2.36. The summed E-state index contributed by atoms with van der Waals surface area (Å²) in [4.78, 5) is 0. The van der Waals surface area contributed by atoms with Crippen LogP contribution in [0.2, 0.25) is 0 Å². The first-order valence-electron chi connectivity index (χ1n) is 7.04. The zero-order chi connectivity index (χ0) is 14.0. The lowest BCUT2D eigenvalue weighted by Crippen LogP contribution is -1.70. The lowest BCUT2D eigenvalue weighted by Gasteiger charge is -1.92. The summed E-state index contributed by atoms with van der Waals surface area (Å²) in [5.74, 6) is 0. The number of hydrogen-bond donors (Lipinski definition) is 0. The number of hydrogen-bond acceptors (Lipinski definition) is 2. The maximum Gasteiger partial charge on any atom is 0.139 e. The summed E-state index contributed by atoms with van der Waals surface area (Å²) >= 11 is 0. The van der Waals surface area contributed by atoms with Gasteiger partial charge in [0.1, 0.15) is 22.3 Å². The second-order valence-electron chi connectivity index (χ2n) is 5.54. The fourth-order valence-electron chi connectivity index (χ4n) is 3.10. The average Bonchev–Trinajstić information content (AvgIpc) is 3.01. The molecule has 0 unspecified atom stereocenters. The maximum atomic E-state index is 5.98. The molecule has 5 rings (SSSR count). The van der Waals surface area contributed by atoms with Gasteiger partial charge < -0.3 is 8.83 Å². The van der Waals surface area contributed by atoms with Crippen molar-refractivity contribution in [2.24, 2.45) is 0 Å². The Morgan fingerprint density at radius 1 is 0.571 bits per heavy atom. The van der Waals surface area contributed by atoms with E-state index in [9.17, 15) is 0 Å². The fraction of sp³-hybridized carbons (Fsp3) is 0.0526. The lowest BCUT2D eigenvalue weighted by atomic mass is 10.1. The number of para-hydroxylation sites is 1. The molecule has 2 heteroatoms. The van der Waals surface area contributed by atoms with E-state index in [1.54, 1.807) is 0 Å². The summed E-state index contributed by atoms with van der Waals surface area (Å²) in [7, 11) is 0. The molecule has 3 aromatic carbocycles. The molecule has 0 fully saturated rings. The molecule has 100 valence electrons. The molecule has 0 aliphatic heterocycles. The molecule has 5 aromatic rings. The van der Waals surface area contributed by atoms with Crippen LogP contribution in [-0.2, 0) is 0 Å². The van der Waals surface area contributed by atoms with Crippen molar-refractivity contribution in [2.45, 2.75) is 6.92 Å². The van der Waals surface area contributed by atoms with Crippen molar-refractivity contribution in [3.63, 3.8) is 0 Å². The van der Waals surface area contributed by atoms with Crippen molar-refractivity contribution in [1.82, 2.24) is 0 Å². The van der Waals surface area contributed by atoms with Gasteiger partial charge >= 0.3 is 0 Å². The summed E-state index contributed by atoms with van der Waals surface area (Å²) in [6, 6.07) is 18.6.